The minimum absolute atomic E-state index is 0.154. The molecule has 0 aliphatic carbocycles. The predicted molar refractivity (Wildman–Crippen MR) is 77.5 cm³/mol. The second kappa shape index (κ2) is 6.00. The molecule has 0 unspecified atom stereocenters. The van der Waals surface area contributed by atoms with Gasteiger partial charge in [-0.3, -0.25) is 0 Å². The van der Waals surface area contributed by atoms with Gasteiger partial charge in [-0.2, -0.15) is 13.2 Å². The molecule has 0 aliphatic rings. The molecule has 1 aromatic carbocycles. The van der Waals surface area contributed by atoms with Gasteiger partial charge in [0.1, 0.15) is 11.6 Å². The molecule has 0 saturated heterocycles. The molecule has 2 N–H and O–H groups in total. The SMILES string of the molecule is COc1cc(-c2nc(C(F)(F)F)cn2C(C)C)ccc1CN. The second-order valence-corrected chi connectivity index (χ2v) is 5.18. The number of benzene rings is 1. The first-order valence-electron chi connectivity index (χ1n) is 6.81. The fourth-order valence-electron chi connectivity index (χ4n) is 2.19. The van der Waals surface area contributed by atoms with E-state index in [2.05, 4.69) is 4.98 Å². The molecule has 1 aromatic heterocycles. The van der Waals surface area contributed by atoms with Crippen LogP contribution in [-0.4, -0.2) is 16.7 Å². The number of aromatic nitrogens is 2. The number of nitrogens with two attached hydrogens (primary N) is 1. The van der Waals surface area contributed by atoms with Crippen LogP contribution in [0.15, 0.2) is 24.4 Å². The highest BCUT2D eigenvalue weighted by Gasteiger charge is 2.35. The van der Waals surface area contributed by atoms with Crippen LogP contribution in [0.3, 0.4) is 0 Å². The molecule has 1 heterocycles. The number of alkyl halides is 3. The third-order valence-electron chi connectivity index (χ3n) is 3.34. The maximum atomic E-state index is 12.9. The fourth-order valence-corrected chi connectivity index (χ4v) is 2.19. The Balaban J connectivity index is 2.58. The topological polar surface area (TPSA) is 53.1 Å². The van der Waals surface area contributed by atoms with Crippen LogP contribution in [0.25, 0.3) is 11.4 Å². The maximum absolute atomic E-state index is 12.9. The third kappa shape index (κ3) is 3.09. The van der Waals surface area contributed by atoms with Crippen molar-refractivity contribution < 1.29 is 17.9 Å². The van der Waals surface area contributed by atoms with E-state index < -0.39 is 11.9 Å². The molecule has 22 heavy (non-hydrogen) atoms. The van der Waals surface area contributed by atoms with Crippen LogP contribution in [0.5, 0.6) is 5.75 Å². The number of hydrogen-bond acceptors (Lipinski definition) is 3. The minimum atomic E-state index is -4.48. The van der Waals surface area contributed by atoms with E-state index in [0.29, 0.717) is 11.3 Å². The molecule has 2 rings (SSSR count). The lowest BCUT2D eigenvalue weighted by atomic mass is 10.1. The number of hydrogen-bond donors (Lipinski definition) is 1. The molecule has 0 amide bonds. The summed E-state index contributed by atoms with van der Waals surface area (Å²) in [5.41, 5.74) is 6.04. The number of imidazole rings is 1. The van der Waals surface area contributed by atoms with Gasteiger partial charge in [-0.1, -0.05) is 12.1 Å². The van der Waals surface area contributed by atoms with E-state index >= 15 is 0 Å². The molecule has 0 bridgehead atoms. The molecule has 2 aromatic rings. The molecule has 0 saturated carbocycles. The van der Waals surface area contributed by atoms with E-state index in [0.717, 1.165) is 11.8 Å². The summed E-state index contributed by atoms with van der Waals surface area (Å²) < 4.78 is 45.5. The van der Waals surface area contributed by atoms with Gasteiger partial charge in [-0.25, -0.2) is 4.98 Å². The Morgan fingerprint density at radius 1 is 1.32 bits per heavy atom. The Morgan fingerprint density at radius 3 is 2.50 bits per heavy atom. The van der Waals surface area contributed by atoms with Gasteiger partial charge >= 0.3 is 6.18 Å². The van der Waals surface area contributed by atoms with Crippen molar-refractivity contribution in [3.05, 3.63) is 35.7 Å². The van der Waals surface area contributed by atoms with Gasteiger partial charge < -0.3 is 15.0 Å². The first kappa shape index (κ1) is 16.4. The summed E-state index contributed by atoms with van der Waals surface area (Å²) in [7, 11) is 1.49. The van der Waals surface area contributed by atoms with Crippen LogP contribution in [0, 0.1) is 0 Å². The highest BCUT2D eigenvalue weighted by atomic mass is 19.4. The Morgan fingerprint density at radius 2 is 2.00 bits per heavy atom. The van der Waals surface area contributed by atoms with Crippen molar-refractivity contribution in [2.75, 3.05) is 7.11 Å². The van der Waals surface area contributed by atoms with Crippen molar-refractivity contribution in [1.29, 1.82) is 0 Å². The van der Waals surface area contributed by atoms with Gasteiger partial charge in [0, 0.05) is 29.9 Å². The van der Waals surface area contributed by atoms with E-state index in [4.69, 9.17) is 10.5 Å². The van der Waals surface area contributed by atoms with Crippen molar-refractivity contribution in [3.63, 3.8) is 0 Å². The van der Waals surface area contributed by atoms with Crippen molar-refractivity contribution in [2.45, 2.75) is 32.6 Å². The minimum Gasteiger partial charge on any atom is -0.496 e. The third-order valence-corrected chi connectivity index (χ3v) is 3.34. The van der Waals surface area contributed by atoms with Crippen LogP contribution >= 0.6 is 0 Å². The van der Waals surface area contributed by atoms with Crippen molar-refractivity contribution in [2.24, 2.45) is 5.73 Å². The summed E-state index contributed by atoms with van der Waals surface area (Å²) in [5.74, 6) is 0.788. The van der Waals surface area contributed by atoms with E-state index in [1.165, 1.54) is 11.7 Å². The molecular formula is C15H18F3N3O. The predicted octanol–water partition coefficient (Wildman–Crippen LogP) is 3.62. The summed E-state index contributed by atoms with van der Waals surface area (Å²) in [4.78, 5) is 3.76. The molecule has 0 radical (unpaired) electrons. The van der Waals surface area contributed by atoms with Gasteiger partial charge in [0.05, 0.1) is 7.11 Å². The van der Waals surface area contributed by atoms with Gasteiger partial charge in [0.25, 0.3) is 0 Å². The van der Waals surface area contributed by atoms with Crippen LogP contribution in [0.2, 0.25) is 0 Å². The number of nitrogens with zero attached hydrogens (tertiary/aromatic N) is 2. The molecule has 120 valence electrons. The Labute approximate surface area is 126 Å². The van der Waals surface area contributed by atoms with E-state index in [1.54, 1.807) is 32.0 Å². The molecule has 0 fully saturated rings. The lowest BCUT2D eigenvalue weighted by Crippen LogP contribution is -2.05. The van der Waals surface area contributed by atoms with E-state index in [-0.39, 0.29) is 18.4 Å². The highest BCUT2D eigenvalue weighted by molar-refractivity contribution is 5.60. The van der Waals surface area contributed by atoms with Gasteiger partial charge in [0.15, 0.2) is 5.69 Å². The summed E-state index contributed by atoms with van der Waals surface area (Å²) in [6.07, 6.45) is -3.44. The number of ether oxygens (including phenoxy) is 1. The first-order chi connectivity index (χ1) is 10.3. The van der Waals surface area contributed by atoms with Crippen LogP contribution in [-0.2, 0) is 12.7 Å². The standard InChI is InChI=1S/C15H18F3N3O/c1-9(2)21-8-13(15(16,17)18)20-14(21)10-4-5-11(7-19)12(6-10)22-3/h4-6,8-9H,7,19H2,1-3H3. The van der Waals surface area contributed by atoms with Gasteiger partial charge in [0.2, 0.25) is 0 Å². The average molecular weight is 313 g/mol. The molecule has 0 atom stereocenters. The maximum Gasteiger partial charge on any atom is 0.434 e. The average Bonchev–Trinajstić information content (AvgIpc) is 2.92. The Bertz CT molecular complexity index is 663. The first-order valence-corrected chi connectivity index (χ1v) is 6.81. The molecule has 7 heteroatoms. The smallest absolute Gasteiger partial charge is 0.434 e. The number of halogens is 3. The van der Waals surface area contributed by atoms with E-state index in [1.807, 2.05) is 0 Å². The zero-order valence-electron chi connectivity index (χ0n) is 12.6. The summed E-state index contributed by atoms with van der Waals surface area (Å²) >= 11 is 0. The highest BCUT2D eigenvalue weighted by Crippen LogP contribution is 2.34. The zero-order valence-corrected chi connectivity index (χ0v) is 12.6. The summed E-state index contributed by atoms with van der Waals surface area (Å²) in [6.45, 7) is 3.89. The normalized spacial score (nSPS) is 12.0. The van der Waals surface area contributed by atoms with Crippen LogP contribution in [0.4, 0.5) is 13.2 Å². The van der Waals surface area contributed by atoms with Gasteiger partial charge in [-0.15, -0.1) is 0 Å². The van der Waals surface area contributed by atoms with Crippen LogP contribution in [0.1, 0.15) is 31.1 Å². The molecule has 0 aliphatic heterocycles. The summed E-state index contributed by atoms with van der Waals surface area (Å²) in [6, 6.07) is 4.94. The van der Waals surface area contributed by atoms with Crippen LogP contribution < -0.4 is 10.5 Å². The van der Waals surface area contributed by atoms with Gasteiger partial charge in [-0.05, 0) is 19.9 Å². The lowest BCUT2D eigenvalue weighted by molar-refractivity contribution is -0.140. The van der Waals surface area contributed by atoms with Crippen molar-refractivity contribution in [3.8, 4) is 17.1 Å². The van der Waals surface area contributed by atoms with E-state index in [9.17, 15) is 13.2 Å². The molecular weight excluding hydrogens is 295 g/mol. The lowest BCUT2D eigenvalue weighted by Gasteiger charge is -2.13. The second-order valence-electron chi connectivity index (χ2n) is 5.18. The largest absolute Gasteiger partial charge is 0.496 e. The summed E-state index contributed by atoms with van der Waals surface area (Å²) in [5, 5.41) is 0. The van der Waals surface area contributed by atoms with Crippen molar-refractivity contribution >= 4 is 0 Å². The quantitative estimate of drug-likeness (QED) is 0.938. The number of methoxy groups -OCH3 is 1. The molecule has 0 spiro atoms. The monoisotopic (exact) mass is 313 g/mol. The Kier molecular flexibility index (Phi) is 4.46. The van der Waals surface area contributed by atoms with Crippen molar-refractivity contribution in [1.82, 2.24) is 9.55 Å². The molecule has 4 nitrogen and oxygen atoms in total. The fraction of sp³-hybridized carbons (Fsp3) is 0.400. The number of rotatable bonds is 4. The zero-order chi connectivity index (χ0) is 16.5. The Hall–Kier alpha value is -2.02.